The highest BCUT2D eigenvalue weighted by atomic mass is 127. The maximum atomic E-state index is 11.7. The van der Waals surface area contributed by atoms with Crippen molar-refractivity contribution in [3.8, 4) is 11.5 Å². The largest absolute Gasteiger partial charge is 0.493 e. The van der Waals surface area contributed by atoms with Gasteiger partial charge >= 0.3 is 0 Å². The number of hydrogen-bond donors (Lipinski definition) is 2. The number of halogens is 1. The van der Waals surface area contributed by atoms with Gasteiger partial charge in [-0.15, -0.1) is 24.0 Å². The quantitative estimate of drug-likeness (QED) is 0.291. The standard InChI is InChI=1S/C23H30N4O3.HI/c1-29-20-10-9-17(14-21(20)30-2)11-12-25-23(24)26-15-18-5-7-19(8-6-18)16-27-13-3-4-22(27)28;/h5-10,14H,3-4,11-13,15-16H2,1-2H3,(H3,24,25,26);1H. The van der Waals surface area contributed by atoms with Crippen LogP contribution in [0.4, 0.5) is 0 Å². The molecule has 0 atom stereocenters. The van der Waals surface area contributed by atoms with E-state index in [9.17, 15) is 4.79 Å². The van der Waals surface area contributed by atoms with Crippen molar-refractivity contribution in [2.45, 2.75) is 32.4 Å². The Morgan fingerprint density at radius 1 is 1.06 bits per heavy atom. The highest BCUT2D eigenvalue weighted by molar-refractivity contribution is 14.0. The third-order valence-corrected chi connectivity index (χ3v) is 5.17. The summed E-state index contributed by atoms with van der Waals surface area (Å²) in [6.07, 6.45) is 2.43. The molecule has 2 aromatic rings. The summed E-state index contributed by atoms with van der Waals surface area (Å²) in [7, 11) is 3.25. The molecule has 3 N–H and O–H groups in total. The van der Waals surface area contributed by atoms with Crippen molar-refractivity contribution in [1.82, 2.24) is 10.2 Å². The van der Waals surface area contributed by atoms with Crippen molar-refractivity contribution in [2.24, 2.45) is 10.7 Å². The van der Waals surface area contributed by atoms with Crippen LogP contribution in [0.5, 0.6) is 11.5 Å². The lowest BCUT2D eigenvalue weighted by molar-refractivity contribution is -0.128. The molecule has 0 aliphatic carbocycles. The van der Waals surface area contributed by atoms with Crippen LogP contribution in [0.25, 0.3) is 0 Å². The Kier molecular flexibility index (Phi) is 9.90. The van der Waals surface area contributed by atoms with Crippen LogP contribution < -0.4 is 20.5 Å². The summed E-state index contributed by atoms with van der Waals surface area (Å²) in [6.45, 7) is 2.73. The minimum atomic E-state index is 0. The van der Waals surface area contributed by atoms with Gasteiger partial charge in [-0.05, 0) is 41.7 Å². The topological polar surface area (TPSA) is 89.2 Å². The van der Waals surface area contributed by atoms with E-state index in [-0.39, 0.29) is 29.9 Å². The highest BCUT2D eigenvalue weighted by Crippen LogP contribution is 2.27. The second-order valence-electron chi connectivity index (χ2n) is 7.30. The Hall–Kier alpha value is -2.49. The molecule has 0 aromatic heterocycles. The number of ether oxygens (including phenoxy) is 2. The molecule has 0 bridgehead atoms. The summed E-state index contributed by atoms with van der Waals surface area (Å²) in [6, 6.07) is 14.1. The van der Waals surface area contributed by atoms with Crippen LogP contribution in [-0.2, 0) is 24.3 Å². The number of benzene rings is 2. The maximum Gasteiger partial charge on any atom is 0.222 e. The molecule has 7 nitrogen and oxygen atoms in total. The van der Waals surface area contributed by atoms with Crippen molar-refractivity contribution in [3.05, 3.63) is 59.2 Å². The van der Waals surface area contributed by atoms with Gasteiger partial charge in [-0.3, -0.25) is 4.79 Å². The normalized spacial score (nSPS) is 13.7. The fraction of sp³-hybridized carbons (Fsp3) is 0.391. The SMILES string of the molecule is COc1ccc(CCNC(N)=NCc2ccc(CN3CCCC3=O)cc2)cc1OC.I. The number of nitrogens with one attached hydrogen (secondary N) is 1. The van der Waals surface area contributed by atoms with Crippen molar-refractivity contribution >= 4 is 35.8 Å². The molecule has 1 heterocycles. The van der Waals surface area contributed by atoms with E-state index in [1.54, 1.807) is 14.2 Å². The van der Waals surface area contributed by atoms with Crippen molar-refractivity contribution in [3.63, 3.8) is 0 Å². The lowest BCUT2D eigenvalue weighted by Crippen LogP contribution is -2.33. The Morgan fingerprint density at radius 3 is 2.39 bits per heavy atom. The molecule has 8 heteroatoms. The first-order valence-electron chi connectivity index (χ1n) is 10.2. The van der Waals surface area contributed by atoms with E-state index in [2.05, 4.69) is 22.4 Å². The third kappa shape index (κ3) is 7.30. The fourth-order valence-corrected chi connectivity index (χ4v) is 3.45. The molecule has 0 spiro atoms. The van der Waals surface area contributed by atoms with E-state index < -0.39 is 0 Å². The van der Waals surface area contributed by atoms with Crippen molar-refractivity contribution < 1.29 is 14.3 Å². The number of hydrogen-bond acceptors (Lipinski definition) is 4. The summed E-state index contributed by atoms with van der Waals surface area (Å²) in [4.78, 5) is 18.1. The van der Waals surface area contributed by atoms with Gasteiger partial charge < -0.3 is 25.4 Å². The number of nitrogens with two attached hydrogens (primary N) is 1. The van der Waals surface area contributed by atoms with E-state index >= 15 is 0 Å². The predicted octanol–water partition coefficient (Wildman–Crippen LogP) is 3.09. The zero-order valence-electron chi connectivity index (χ0n) is 18.1. The number of carbonyl (C=O) groups excluding carboxylic acids is 1. The van der Waals surface area contributed by atoms with Crippen molar-refractivity contribution in [2.75, 3.05) is 27.3 Å². The number of rotatable bonds is 9. The predicted molar refractivity (Wildman–Crippen MR) is 133 cm³/mol. The van der Waals surface area contributed by atoms with E-state index in [0.29, 0.717) is 43.5 Å². The molecular formula is C23H31IN4O3. The van der Waals surface area contributed by atoms with Gasteiger partial charge in [0.05, 0.1) is 20.8 Å². The molecule has 1 fully saturated rings. The van der Waals surface area contributed by atoms with Gasteiger partial charge in [0.15, 0.2) is 17.5 Å². The van der Waals surface area contributed by atoms with Gasteiger partial charge in [0.1, 0.15) is 0 Å². The number of carbonyl (C=O) groups is 1. The second-order valence-corrected chi connectivity index (χ2v) is 7.30. The lowest BCUT2D eigenvalue weighted by Gasteiger charge is -2.15. The van der Waals surface area contributed by atoms with Crippen LogP contribution in [0.3, 0.4) is 0 Å². The van der Waals surface area contributed by atoms with E-state index in [0.717, 1.165) is 36.1 Å². The average molecular weight is 538 g/mol. The van der Waals surface area contributed by atoms with Crippen LogP contribution >= 0.6 is 24.0 Å². The molecule has 3 rings (SSSR count). The Bertz CT molecular complexity index is 887. The van der Waals surface area contributed by atoms with Crippen LogP contribution in [0.1, 0.15) is 29.5 Å². The summed E-state index contributed by atoms with van der Waals surface area (Å²) in [5.41, 5.74) is 9.33. The first kappa shape index (κ1) is 24.8. The molecule has 2 aromatic carbocycles. The number of guanidine groups is 1. The second kappa shape index (κ2) is 12.4. The molecule has 1 saturated heterocycles. The first-order chi connectivity index (χ1) is 14.6. The molecule has 31 heavy (non-hydrogen) atoms. The number of methoxy groups -OCH3 is 2. The van der Waals surface area contributed by atoms with Gasteiger partial charge in [-0.25, -0.2) is 4.99 Å². The minimum absolute atomic E-state index is 0. The first-order valence-corrected chi connectivity index (χ1v) is 10.2. The molecule has 1 amide bonds. The smallest absolute Gasteiger partial charge is 0.222 e. The van der Waals surface area contributed by atoms with Crippen molar-refractivity contribution in [1.29, 1.82) is 0 Å². The van der Waals surface area contributed by atoms with Gasteiger partial charge in [0, 0.05) is 26.1 Å². The Labute approximate surface area is 201 Å². The lowest BCUT2D eigenvalue weighted by atomic mass is 10.1. The van der Waals surface area contributed by atoms with E-state index in [1.165, 1.54) is 0 Å². The highest BCUT2D eigenvalue weighted by Gasteiger charge is 2.19. The fourth-order valence-electron chi connectivity index (χ4n) is 3.45. The van der Waals surface area contributed by atoms with Crippen LogP contribution in [0.2, 0.25) is 0 Å². The zero-order chi connectivity index (χ0) is 21.3. The van der Waals surface area contributed by atoms with Crippen LogP contribution in [-0.4, -0.2) is 44.1 Å². The third-order valence-electron chi connectivity index (χ3n) is 5.17. The van der Waals surface area contributed by atoms with Gasteiger partial charge in [-0.1, -0.05) is 30.3 Å². The molecular weight excluding hydrogens is 507 g/mol. The van der Waals surface area contributed by atoms with Gasteiger partial charge in [-0.2, -0.15) is 0 Å². The van der Waals surface area contributed by atoms with Crippen LogP contribution in [0.15, 0.2) is 47.5 Å². The van der Waals surface area contributed by atoms with Gasteiger partial charge in [0.25, 0.3) is 0 Å². The minimum Gasteiger partial charge on any atom is -0.493 e. The monoisotopic (exact) mass is 538 g/mol. The molecule has 1 aliphatic rings. The number of aliphatic imine (C=N–C) groups is 1. The zero-order valence-corrected chi connectivity index (χ0v) is 20.4. The summed E-state index contributed by atoms with van der Waals surface area (Å²) in [5.74, 6) is 2.10. The van der Waals surface area contributed by atoms with Crippen LogP contribution in [0, 0.1) is 0 Å². The van der Waals surface area contributed by atoms with E-state index in [4.69, 9.17) is 15.2 Å². The number of amides is 1. The van der Waals surface area contributed by atoms with E-state index in [1.807, 2.05) is 35.2 Å². The summed E-state index contributed by atoms with van der Waals surface area (Å²) in [5, 5.41) is 3.14. The Morgan fingerprint density at radius 2 is 1.74 bits per heavy atom. The number of nitrogens with zero attached hydrogens (tertiary/aromatic N) is 2. The molecule has 0 unspecified atom stereocenters. The van der Waals surface area contributed by atoms with Gasteiger partial charge in [0.2, 0.25) is 5.91 Å². The molecule has 0 saturated carbocycles. The maximum absolute atomic E-state index is 11.7. The summed E-state index contributed by atoms with van der Waals surface area (Å²) >= 11 is 0. The Balaban J connectivity index is 0.00000341. The molecule has 0 radical (unpaired) electrons. The summed E-state index contributed by atoms with van der Waals surface area (Å²) < 4.78 is 10.6. The molecule has 168 valence electrons. The number of likely N-dealkylation sites (tertiary alicyclic amines) is 1. The average Bonchev–Trinajstić information content (AvgIpc) is 3.17. The molecule has 1 aliphatic heterocycles.